The second kappa shape index (κ2) is 10.7. The van der Waals surface area contributed by atoms with E-state index in [9.17, 15) is 4.79 Å². The Bertz CT molecular complexity index is 707. The summed E-state index contributed by atoms with van der Waals surface area (Å²) in [7, 11) is 5.61. The number of methoxy groups -OCH3 is 1. The number of amides is 1. The number of halogens is 1. The molecule has 1 atom stereocenters. The first-order chi connectivity index (χ1) is 12.0. The Balaban J connectivity index is 0.00000338. The van der Waals surface area contributed by atoms with Gasteiger partial charge in [0.25, 0.3) is 5.91 Å². The van der Waals surface area contributed by atoms with Crippen LogP contribution in [0.15, 0.2) is 48.5 Å². The third-order valence-electron chi connectivity index (χ3n) is 3.97. The summed E-state index contributed by atoms with van der Waals surface area (Å²) in [5.74, 6) is 1.36. The van der Waals surface area contributed by atoms with E-state index in [-0.39, 0.29) is 31.0 Å². The maximum absolute atomic E-state index is 12.1. The molecule has 0 aliphatic carbocycles. The number of likely N-dealkylation sites (N-methyl/N-ethyl adjacent to an activating group) is 1. The standard InChI is InChI=1S/C20H26N2O3.ClH/c1-15-8-7-9-16(12-15)25-14-20(23)21-13-18(22(2)3)17-10-5-6-11-19(17)24-4;/h5-12,18H,13-14H2,1-4H3,(H,21,23);1H. The van der Waals surface area contributed by atoms with Crippen LogP contribution in [0.1, 0.15) is 17.2 Å². The molecular formula is C20H27ClN2O3. The van der Waals surface area contributed by atoms with Crippen molar-refractivity contribution in [3.05, 3.63) is 59.7 Å². The van der Waals surface area contributed by atoms with E-state index in [4.69, 9.17) is 9.47 Å². The van der Waals surface area contributed by atoms with Crippen LogP contribution in [0.5, 0.6) is 11.5 Å². The SMILES string of the molecule is COc1ccccc1C(CNC(=O)COc1cccc(C)c1)N(C)C.Cl. The van der Waals surface area contributed by atoms with Gasteiger partial charge >= 0.3 is 0 Å². The van der Waals surface area contributed by atoms with Crippen LogP contribution in [0.25, 0.3) is 0 Å². The zero-order chi connectivity index (χ0) is 18.2. The van der Waals surface area contributed by atoms with Gasteiger partial charge in [-0.1, -0.05) is 30.3 Å². The van der Waals surface area contributed by atoms with Crippen molar-refractivity contribution in [1.82, 2.24) is 10.2 Å². The number of hydrogen-bond donors (Lipinski definition) is 1. The molecule has 1 unspecified atom stereocenters. The number of benzene rings is 2. The molecule has 6 heteroatoms. The van der Waals surface area contributed by atoms with Gasteiger partial charge in [0, 0.05) is 12.1 Å². The molecule has 0 saturated carbocycles. The monoisotopic (exact) mass is 378 g/mol. The fourth-order valence-electron chi connectivity index (χ4n) is 2.63. The smallest absolute Gasteiger partial charge is 0.258 e. The fourth-order valence-corrected chi connectivity index (χ4v) is 2.63. The van der Waals surface area contributed by atoms with Gasteiger partial charge in [-0.05, 0) is 44.8 Å². The molecule has 1 N–H and O–H groups in total. The van der Waals surface area contributed by atoms with Gasteiger partial charge in [0.15, 0.2) is 6.61 Å². The molecule has 0 aromatic heterocycles. The van der Waals surface area contributed by atoms with Crippen LogP contribution in [0.4, 0.5) is 0 Å². The zero-order valence-electron chi connectivity index (χ0n) is 15.7. The predicted molar refractivity (Wildman–Crippen MR) is 106 cm³/mol. The molecule has 0 aliphatic rings. The summed E-state index contributed by atoms with van der Waals surface area (Å²) in [6.45, 7) is 2.46. The van der Waals surface area contributed by atoms with E-state index in [2.05, 4.69) is 10.2 Å². The van der Waals surface area contributed by atoms with Crippen LogP contribution >= 0.6 is 12.4 Å². The molecule has 0 radical (unpaired) electrons. The van der Waals surface area contributed by atoms with Gasteiger partial charge in [0.1, 0.15) is 11.5 Å². The Hall–Kier alpha value is -2.24. The van der Waals surface area contributed by atoms with Gasteiger partial charge in [-0.25, -0.2) is 0 Å². The second-order valence-electron chi connectivity index (χ2n) is 6.13. The number of para-hydroxylation sites is 1. The number of rotatable bonds is 8. The topological polar surface area (TPSA) is 50.8 Å². The number of carbonyl (C=O) groups is 1. The van der Waals surface area contributed by atoms with E-state index in [0.29, 0.717) is 12.3 Å². The second-order valence-corrected chi connectivity index (χ2v) is 6.13. The molecule has 0 bridgehead atoms. The molecule has 2 rings (SSSR count). The lowest BCUT2D eigenvalue weighted by Crippen LogP contribution is -2.37. The van der Waals surface area contributed by atoms with Crippen molar-refractivity contribution in [2.45, 2.75) is 13.0 Å². The van der Waals surface area contributed by atoms with Crippen molar-refractivity contribution >= 4 is 18.3 Å². The third kappa shape index (κ3) is 6.24. The van der Waals surface area contributed by atoms with Gasteiger partial charge in [-0.2, -0.15) is 0 Å². The quantitative estimate of drug-likeness (QED) is 0.766. The van der Waals surface area contributed by atoms with Crippen LogP contribution in [-0.4, -0.2) is 45.2 Å². The van der Waals surface area contributed by atoms with Gasteiger partial charge in [0.05, 0.1) is 13.2 Å². The maximum Gasteiger partial charge on any atom is 0.258 e. The van der Waals surface area contributed by atoms with Gasteiger partial charge in [-0.3, -0.25) is 4.79 Å². The molecule has 0 heterocycles. The largest absolute Gasteiger partial charge is 0.496 e. The number of nitrogens with one attached hydrogen (secondary N) is 1. The van der Waals surface area contributed by atoms with E-state index in [0.717, 1.165) is 16.9 Å². The van der Waals surface area contributed by atoms with E-state index in [1.165, 1.54) is 0 Å². The lowest BCUT2D eigenvalue weighted by atomic mass is 10.0. The third-order valence-corrected chi connectivity index (χ3v) is 3.97. The highest BCUT2D eigenvalue weighted by atomic mass is 35.5. The highest BCUT2D eigenvalue weighted by Gasteiger charge is 2.19. The summed E-state index contributed by atoms with van der Waals surface area (Å²) >= 11 is 0. The average Bonchev–Trinajstić information content (AvgIpc) is 2.60. The average molecular weight is 379 g/mol. The Morgan fingerprint density at radius 1 is 1.15 bits per heavy atom. The van der Waals surface area contributed by atoms with Gasteiger partial charge in [0.2, 0.25) is 0 Å². The fraction of sp³-hybridized carbons (Fsp3) is 0.350. The number of nitrogens with zero attached hydrogens (tertiary/aromatic N) is 1. The van der Waals surface area contributed by atoms with Crippen LogP contribution in [-0.2, 0) is 4.79 Å². The minimum atomic E-state index is -0.150. The van der Waals surface area contributed by atoms with Crippen LogP contribution in [0, 0.1) is 6.92 Å². The maximum atomic E-state index is 12.1. The van der Waals surface area contributed by atoms with E-state index >= 15 is 0 Å². The van der Waals surface area contributed by atoms with E-state index in [1.54, 1.807) is 7.11 Å². The molecule has 0 fully saturated rings. The molecular weight excluding hydrogens is 352 g/mol. The molecule has 0 saturated heterocycles. The predicted octanol–water partition coefficient (Wildman–Crippen LogP) is 3.22. The molecule has 0 spiro atoms. The summed E-state index contributed by atoms with van der Waals surface area (Å²) in [6, 6.07) is 15.5. The van der Waals surface area contributed by atoms with Crippen molar-refractivity contribution in [1.29, 1.82) is 0 Å². The first kappa shape index (κ1) is 21.8. The van der Waals surface area contributed by atoms with E-state index < -0.39 is 0 Å². The summed E-state index contributed by atoms with van der Waals surface area (Å²) in [4.78, 5) is 14.2. The molecule has 142 valence electrons. The van der Waals surface area contributed by atoms with Gasteiger partial charge in [-0.15, -0.1) is 12.4 Å². The molecule has 5 nitrogen and oxygen atoms in total. The van der Waals surface area contributed by atoms with Crippen molar-refractivity contribution < 1.29 is 14.3 Å². The Morgan fingerprint density at radius 3 is 2.54 bits per heavy atom. The lowest BCUT2D eigenvalue weighted by molar-refractivity contribution is -0.123. The highest BCUT2D eigenvalue weighted by Crippen LogP contribution is 2.27. The Labute approximate surface area is 161 Å². The Kier molecular flexibility index (Phi) is 8.96. The number of ether oxygens (including phenoxy) is 2. The minimum absolute atomic E-state index is 0. The van der Waals surface area contributed by atoms with Crippen molar-refractivity contribution in [3.63, 3.8) is 0 Å². The number of aryl methyl sites for hydroxylation is 1. The molecule has 1 amide bonds. The summed E-state index contributed by atoms with van der Waals surface area (Å²) in [6.07, 6.45) is 0. The first-order valence-electron chi connectivity index (χ1n) is 8.26. The minimum Gasteiger partial charge on any atom is -0.496 e. The molecule has 2 aromatic rings. The van der Waals surface area contributed by atoms with Crippen molar-refractivity contribution in [2.24, 2.45) is 0 Å². The first-order valence-corrected chi connectivity index (χ1v) is 8.26. The van der Waals surface area contributed by atoms with Crippen LogP contribution in [0.2, 0.25) is 0 Å². The van der Waals surface area contributed by atoms with Crippen LogP contribution in [0.3, 0.4) is 0 Å². The summed E-state index contributed by atoms with van der Waals surface area (Å²) < 4.78 is 11.0. The van der Waals surface area contributed by atoms with E-state index in [1.807, 2.05) is 69.6 Å². The summed E-state index contributed by atoms with van der Waals surface area (Å²) in [5, 5.41) is 2.94. The number of hydrogen-bond acceptors (Lipinski definition) is 4. The molecule has 0 aliphatic heterocycles. The molecule has 26 heavy (non-hydrogen) atoms. The van der Waals surface area contributed by atoms with Crippen LogP contribution < -0.4 is 14.8 Å². The molecule has 2 aromatic carbocycles. The number of carbonyl (C=O) groups excluding carboxylic acids is 1. The summed E-state index contributed by atoms with van der Waals surface area (Å²) in [5.41, 5.74) is 2.14. The lowest BCUT2D eigenvalue weighted by Gasteiger charge is -2.26. The zero-order valence-corrected chi connectivity index (χ0v) is 16.5. The Morgan fingerprint density at radius 2 is 1.88 bits per heavy atom. The normalized spacial score (nSPS) is 11.4. The van der Waals surface area contributed by atoms with Crippen molar-refractivity contribution in [2.75, 3.05) is 34.4 Å². The van der Waals surface area contributed by atoms with Gasteiger partial charge < -0.3 is 19.7 Å². The highest BCUT2D eigenvalue weighted by molar-refractivity contribution is 5.85. The van der Waals surface area contributed by atoms with Crippen molar-refractivity contribution in [3.8, 4) is 11.5 Å².